The molecule has 0 aliphatic rings. The van der Waals surface area contributed by atoms with Gasteiger partial charge in [-0.25, -0.2) is 4.98 Å². The number of aromatic amines is 1. The lowest BCUT2D eigenvalue weighted by Crippen LogP contribution is -1.91. The minimum Gasteiger partial charge on any atom is -0.359 e. The van der Waals surface area contributed by atoms with E-state index in [0.717, 1.165) is 17.3 Å². The molecule has 62 valence electrons. The molecule has 0 saturated heterocycles. The van der Waals surface area contributed by atoms with Crippen LogP contribution in [0.25, 0.3) is 0 Å². The molecule has 2 N–H and O–H groups in total. The van der Waals surface area contributed by atoms with Crippen molar-refractivity contribution in [3.8, 4) is 0 Å². The molecule has 0 unspecified atom stereocenters. The third kappa shape index (κ3) is 1.53. The number of imidazole rings is 1. The molecular formula is C8H15N3. The number of anilines is 1. The summed E-state index contributed by atoms with van der Waals surface area (Å²) in [5.74, 6) is 1.35. The van der Waals surface area contributed by atoms with Crippen LogP contribution in [0.5, 0.6) is 0 Å². The number of H-pyrrole nitrogens is 1. The summed E-state index contributed by atoms with van der Waals surface area (Å²) in [5.41, 5.74) is 2.30. The van der Waals surface area contributed by atoms with E-state index in [-0.39, 0.29) is 0 Å². The molecule has 1 aromatic rings. The topological polar surface area (TPSA) is 40.7 Å². The van der Waals surface area contributed by atoms with Crippen molar-refractivity contribution in [2.24, 2.45) is 0 Å². The van der Waals surface area contributed by atoms with Gasteiger partial charge in [-0.05, 0) is 12.8 Å². The second-order valence-corrected chi connectivity index (χ2v) is 3.00. The molecule has 0 amide bonds. The van der Waals surface area contributed by atoms with Crippen LogP contribution in [0, 0.1) is 6.92 Å². The van der Waals surface area contributed by atoms with Crippen LogP contribution >= 0.6 is 0 Å². The van der Waals surface area contributed by atoms with Gasteiger partial charge in [0.15, 0.2) is 5.95 Å². The summed E-state index contributed by atoms with van der Waals surface area (Å²) >= 11 is 0. The van der Waals surface area contributed by atoms with Gasteiger partial charge in [-0.3, -0.25) is 0 Å². The van der Waals surface area contributed by atoms with Crippen LogP contribution < -0.4 is 5.32 Å². The lowest BCUT2D eigenvalue weighted by Gasteiger charge is -1.98. The van der Waals surface area contributed by atoms with Crippen molar-refractivity contribution in [1.29, 1.82) is 0 Å². The van der Waals surface area contributed by atoms with Gasteiger partial charge in [-0.2, -0.15) is 0 Å². The highest BCUT2D eigenvalue weighted by molar-refractivity contribution is 5.31. The Bertz CT molecular complexity index is 237. The van der Waals surface area contributed by atoms with E-state index in [9.17, 15) is 0 Å². The standard InChI is InChI=1S/C8H15N3/c1-5(2)7-6(3)10-8(9-4)11-7/h5H,1-4H3,(H2,9,10,11). The largest absolute Gasteiger partial charge is 0.359 e. The Morgan fingerprint density at radius 3 is 2.36 bits per heavy atom. The molecular weight excluding hydrogens is 138 g/mol. The molecule has 3 nitrogen and oxygen atoms in total. The molecule has 1 heterocycles. The lowest BCUT2D eigenvalue weighted by atomic mass is 10.1. The molecule has 11 heavy (non-hydrogen) atoms. The Kier molecular flexibility index (Phi) is 2.17. The van der Waals surface area contributed by atoms with Crippen LogP contribution in [0.1, 0.15) is 31.2 Å². The van der Waals surface area contributed by atoms with E-state index in [4.69, 9.17) is 0 Å². The predicted octanol–water partition coefficient (Wildman–Crippen LogP) is 1.88. The summed E-state index contributed by atoms with van der Waals surface area (Å²) in [5, 5.41) is 2.98. The Morgan fingerprint density at radius 2 is 2.09 bits per heavy atom. The number of nitrogens with zero attached hydrogens (tertiary/aromatic N) is 1. The predicted molar refractivity (Wildman–Crippen MR) is 47.0 cm³/mol. The van der Waals surface area contributed by atoms with Crippen molar-refractivity contribution in [2.75, 3.05) is 12.4 Å². The minimum absolute atomic E-state index is 0.494. The fraction of sp³-hybridized carbons (Fsp3) is 0.625. The summed E-state index contributed by atoms with van der Waals surface area (Å²) in [6.45, 7) is 6.33. The first-order valence-corrected chi connectivity index (χ1v) is 3.89. The van der Waals surface area contributed by atoms with Crippen molar-refractivity contribution < 1.29 is 0 Å². The third-order valence-electron chi connectivity index (χ3n) is 1.71. The van der Waals surface area contributed by atoms with Crippen LogP contribution in [0.15, 0.2) is 0 Å². The molecule has 0 aliphatic carbocycles. The van der Waals surface area contributed by atoms with Crippen molar-refractivity contribution in [3.05, 3.63) is 11.4 Å². The number of rotatable bonds is 2. The Hall–Kier alpha value is -0.990. The van der Waals surface area contributed by atoms with Gasteiger partial charge in [-0.15, -0.1) is 0 Å². The lowest BCUT2D eigenvalue weighted by molar-refractivity contribution is 0.822. The summed E-state index contributed by atoms with van der Waals surface area (Å²) in [7, 11) is 1.86. The van der Waals surface area contributed by atoms with Gasteiger partial charge in [0, 0.05) is 12.7 Å². The second kappa shape index (κ2) is 2.95. The average molecular weight is 153 g/mol. The fourth-order valence-corrected chi connectivity index (χ4v) is 1.15. The van der Waals surface area contributed by atoms with Crippen LogP contribution in [0.4, 0.5) is 5.95 Å². The van der Waals surface area contributed by atoms with E-state index >= 15 is 0 Å². The summed E-state index contributed by atoms with van der Waals surface area (Å²) in [6, 6.07) is 0. The van der Waals surface area contributed by atoms with E-state index < -0.39 is 0 Å². The minimum atomic E-state index is 0.494. The van der Waals surface area contributed by atoms with Crippen LogP contribution in [-0.4, -0.2) is 17.0 Å². The highest BCUT2D eigenvalue weighted by Crippen LogP contribution is 2.17. The first-order chi connectivity index (χ1) is 5.15. The molecule has 0 saturated carbocycles. The van der Waals surface area contributed by atoms with E-state index in [1.54, 1.807) is 0 Å². The zero-order chi connectivity index (χ0) is 8.43. The molecule has 1 rings (SSSR count). The summed E-state index contributed by atoms with van der Waals surface area (Å²) in [6.07, 6.45) is 0. The monoisotopic (exact) mass is 153 g/mol. The van der Waals surface area contributed by atoms with E-state index in [1.807, 2.05) is 14.0 Å². The van der Waals surface area contributed by atoms with Crippen molar-refractivity contribution in [3.63, 3.8) is 0 Å². The molecule has 0 aliphatic heterocycles. The van der Waals surface area contributed by atoms with Gasteiger partial charge in [0.2, 0.25) is 0 Å². The van der Waals surface area contributed by atoms with E-state index in [2.05, 4.69) is 29.1 Å². The molecule has 0 spiro atoms. The number of aryl methyl sites for hydroxylation is 1. The van der Waals surface area contributed by atoms with E-state index in [1.165, 1.54) is 0 Å². The van der Waals surface area contributed by atoms with Crippen LogP contribution in [-0.2, 0) is 0 Å². The maximum Gasteiger partial charge on any atom is 0.200 e. The Labute approximate surface area is 67.2 Å². The first-order valence-electron chi connectivity index (χ1n) is 3.89. The van der Waals surface area contributed by atoms with Crippen molar-refractivity contribution in [1.82, 2.24) is 9.97 Å². The molecule has 0 radical (unpaired) electrons. The summed E-state index contributed by atoms with van der Waals surface area (Å²) in [4.78, 5) is 7.51. The molecule has 1 aromatic heterocycles. The average Bonchev–Trinajstić information content (AvgIpc) is 2.30. The van der Waals surface area contributed by atoms with Crippen molar-refractivity contribution >= 4 is 5.95 Å². The Morgan fingerprint density at radius 1 is 1.45 bits per heavy atom. The van der Waals surface area contributed by atoms with Gasteiger partial charge in [0.25, 0.3) is 0 Å². The molecule has 0 bridgehead atoms. The van der Waals surface area contributed by atoms with Gasteiger partial charge >= 0.3 is 0 Å². The van der Waals surface area contributed by atoms with Gasteiger partial charge < -0.3 is 10.3 Å². The first kappa shape index (κ1) is 8.11. The number of hydrogen-bond donors (Lipinski definition) is 2. The SMILES string of the molecule is CNc1nc(C(C)C)c(C)[nH]1. The van der Waals surface area contributed by atoms with Gasteiger partial charge in [0.1, 0.15) is 0 Å². The smallest absolute Gasteiger partial charge is 0.200 e. The maximum absolute atomic E-state index is 4.36. The third-order valence-corrected chi connectivity index (χ3v) is 1.71. The van der Waals surface area contributed by atoms with Gasteiger partial charge in [-0.1, -0.05) is 13.8 Å². The van der Waals surface area contributed by atoms with E-state index in [0.29, 0.717) is 5.92 Å². The van der Waals surface area contributed by atoms with Crippen molar-refractivity contribution in [2.45, 2.75) is 26.7 Å². The molecule has 0 fully saturated rings. The van der Waals surface area contributed by atoms with Crippen LogP contribution in [0.3, 0.4) is 0 Å². The zero-order valence-corrected chi connectivity index (χ0v) is 7.52. The fourth-order valence-electron chi connectivity index (χ4n) is 1.15. The normalized spacial score (nSPS) is 10.6. The highest BCUT2D eigenvalue weighted by Gasteiger charge is 2.07. The van der Waals surface area contributed by atoms with Crippen LogP contribution in [0.2, 0.25) is 0 Å². The number of hydrogen-bond acceptors (Lipinski definition) is 2. The Balaban J connectivity index is 2.97. The number of nitrogens with one attached hydrogen (secondary N) is 2. The molecule has 0 atom stereocenters. The second-order valence-electron chi connectivity index (χ2n) is 3.00. The quantitative estimate of drug-likeness (QED) is 0.681. The summed E-state index contributed by atoms with van der Waals surface area (Å²) < 4.78 is 0. The molecule has 3 heteroatoms. The number of aromatic nitrogens is 2. The highest BCUT2D eigenvalue weighted by atomic mass is 15.1. The van der Waals surface area contributed by atoms with Gasteiger partial charge in [0.05, 0.1) is 5.69 Å². The molecule has 0 aromatic carbocycles. The zero-order valence-electron chi connectivity index (χ0n) is 7.52. The maximum atomic E-state index is 4.36.